The molecule has 16 nitrogen and oxygen atoms in total. The molecule has 6 aromatic rings. The van der Waals surface area contributed by atoms with Crippen LogP contribution in [0.2, 0.25) is 0 Å². The molecule has 3 aliphatic heterocycles. The normalized spacial score (nSPS) is 15.1. The Morgan fingerprint density at radius 3 is 1.32 bits per heavy atom. The number of hydrogen-bond acceptors (Lipinski definition) is 13. The van der Waals surface area contributed by atoms with Gasteiger partial charge in [-0.3, -0.25) is 34.1 Å². The molecule has 3 unspecified atom stereocenters. The molecule has 3 aliphatic rings. The van der Waals surface area contributed by atoms with Crippen molar-refractivity contribution in [1.29, 1.82) is 0 Å². The van der Waals surface area contributed by atoms with E-state index in [4.69, 9.17) is 4.74 Å². The Kier molecular flexibility index (Phi) is 26.0. The van der Waals surface area contributed by atoms with E-state index >= 15 is 0 Å². The molecule has 3 atom stereocenters. The van der Waals surface area contributed by atoms with Crippen LogP contribution in [-0.2, 0) is 29.6 Å². The van der Waals surface area contributed by atoms with Crippen molar-refractivity contribution in [2.45, 2.75) is 112 Å². The first-order valence-electron chi connectivity index (χ1n) is 21.1. The summed E-state index contributed by atoms with van der Waals surface area (Å²) in [7, 11) is 0. The summed E-state index contributed by atoms with van der Waals surface area (Å²) in [4.78, 5) is 73.6. The van der Waals surface area contributed by atoms with Crippen LogP contribution >= 0.6 is 0 Å². The average Bonchev–Trinajstić information content (AvgIpc) is 3.21. The molecule has 9 heterocycles. The molecule has 19 heteroatoms. The average molecular weight is 1160 g/mol. The predicted molar refractivity (Wildman–Crippen MR) is 245 cm³/mol. The Morgan fingerprint density at radius 1 is 0.638 bits per heavy atom. The Morgan fingerprint density at radius 2 is 0.971 bits per heavy atom. The molecule has 0 spiro atoms. The van der Waals surface area contributed by atoms with Crippen molar-refractivity contribution in [2.24, 2.45) is 0 Å². The Labute approximate surface area is 548 Å². The first-order chi connectivity index (χ1) is 29.7. The maximum absolute atomic E-state index is 12.3. The third-order valence-corrected chi connectivity index (χ3v) is 11.6. The van der Waals surface area contributed by atoms with Crippen molar-refractivity contribution in [3.63, 3.8) is 0 Å². The number of ketones is 1. The van der Waals surface area contributed by atoms with Gasteiger partial charge in [-0.1, -0.05) is 36.3 Å². The third-order valence-electron chi connectivity index (χ3n) is 11.6. The van der Waals surface area contributed by atoms with Crippen LogP contribution in [0.1, 0.15) is 127 Å². The van der Waals surface area contributed by atoms with Gasteiger partial charge < -0.3 is 40.0 Å². The molecule has 0 amide bonds. The molecule has 350 valence electrons. The first-order valence-corrected chi connectivity index (χ1v) is 21.1. The molecule has 0 aromatic carbocycles. The maximum Gasteiger partial charge on any atom is 1.00 e. The van der Waals surface area contributed by atoms with Gasteiger partial charge in [-0.25, -0.2) is 41.2 Å². The summed E-state index contributed by atoms with van der Waals surface area (Å²) >= 11 is 0. The summed E-state index contributed by atoms with van der Waals surface area (Å²) in [5, 5.41) is 10.2. The topological polar surface area (TPSA) is 258 Å². The van der Waals surface area contributed by atoms with Gasteiger partial charge in [0.25, 0.3) is 0 Å². The minimum absolute atomic E-state index is 0. The molecule has 6 aromatic heterocycles. The molecule has 0 fully saturated rings. The fourth-order valence-corrected chi connectivity index (χ4v) is 8.38. The van der Waals surface area contributed by atoms with Crippen LogP contribution in [0.3, 0.4) is 0 Å². The number of rotatable bonds is 4. The Hall–Kier alpha value is -1.30. The van der Waals surface area contributed by atoms with Crippen molar-refractivity contribution in [1.82, 2.24) is 28.7 Å². The summed E-state index contributed by atoms with van der Waals surface area (Å²) in [5.41, 5.74) is 9.34. The second kappa shape index (κ2) is 27.3. The molecular formula is C50H54N6O10Rb3-3. The monoisotopic (exact) mass is 1150 g/mol. The Bertz CT molecular complexity index is 3020. The number of fused-ring (bicyclic) bond motifs is 9. The van der Waals surface area contributed by atoms with Gasteiger partial charge in [-0.05, 0) is 69.2 Å². The number of ether oxygens (including phenoxy) is 1. The zero-order valence-corrected chi connectivity index (χ0v) is 56.4. The fraction of sp³-hybridized carbons (Fsp3) is 0.360. The molecule has 0 bridgehead atoms. The van der Waals surface area contributed by atoms with Crippen LogP contribution in [0.5, 0.6) is 0 Å². The van der Waals surface area contributed by atoms with E-state index in [1.54, 1.807) is 45.4 Å². The van der Waals surface area contributed by atoms with Crippen molar-refractivity contribution >= 4 is 11.8 Å². The largest absolute Gasteiger partial charge is 1.00 e. The summed E-state index contributed by atoms with van der Waals surface area (Å²) in [6, 6.07) is 20.3. The van der Waals surface area contributed by atoms with Crippen LogP contribution < -0.4 is 191 Å². The number of aryl methyl sites for hydroxylation is 3. The minimum atomic E-state index is -1.15. The third kappa shape index (κ3) is 14.5. The number of carbonyl (C=O) groups is 2. The van der Waals surface area contributed by atoms with Gasteiger partial charge in [-0.2, -0.15) is 16.7 Å². The van der Waals surface area contributed by atoms with E-state index in [0.717, 1.165) is 87.2 Å². The van der Waals surface area contributed by atoms with Gasteiger partial charge in [0.05, 0.1) is 34.9 Å². The van der Waals surface area contributed by atoms with Crippen molar-refractivity contribution in [2.75, 3.05) is 6.61 Å². The van der Waals surface area contributed by atoms with Gasteiger partial charge >= 0.3 is 181 Å². The molecule has 4 N–H and O–H groups in total. The number of hydrogen-bond donors (Lipinski definition) is 1. The molecule has 9 rings (SSSR count). The van der Waals surface area contributed by atoms with Crippen molar-refractivity contribution in [3.05, 3.63) is 154 Å². The summed E-state index contributed by atoms with van der Waals surface area (Å²) in [6.07, 6.45) is 7.50. The molecule has 69 heavy (non-hydrogen) atoms. The number of pyridine rings is 6. The second-order valence-electron chi connectivity index (χ2n) is 17.1. The quantitative estimate of drug-likeness (QED) is 0.109. The SMILES string of the molecule is CC(=O)c1cn2c(cc1=O)-c1nc(C)[c-]cc1CC2C.CCOC(=O)c1cn2c(cc1=O)-c1nc(C)[c-]cc1CC2C.Cc1[c-]cc2c(n1)-c1cc(=O)c(C(C)(C)O)cn1C(C)C2.[OH-].[OH-].[OH-].[Rb+].[Rb+].[Rb+]. The van der Waals surface area contributed by atoms with Gasteiger partial charge in [0.15, 0.2) is 22.1 Å². The molecular weight excluding hydrogens is 1100 g/mol. The van der Waals surface area contributed by atoms with Crippen LogP contribution in [0, 0.1) is 39.0 Å². The van der Waals surface area contributed by atoms with E-state index in [9.17, 15) is 29.1 Å². The molecule has 0 saturated heterocycles. The standard InChI is InChI=1S/C17H17N2O3.C17H19N2O2.C16H15N2O2.3H2O.3Rb/c1-4-22-17(21)13-9-19-11(3)7-12-6-5-10(2)18-16(12)14(19)8-15(13)20;1-10-5-6-12-7-11(2)19-9-13(17(3,4)21)15(20)8-14(19)16(12)18-10;1-9-4-5-12-6-10(2)18-8-13(11(3)19)15(20)7-14(18)16(12)17-9;;;;;;/h6,8-9,11H,4,7H2,1-3H3;6,8-9,11,21H,7H2,1-4H3;5,7-8,10H,6H2,1-3H3;3*1H2;;;/q3*-1;;;;3*+1/p-3. The van der Waals surface area contributed by atoms with Gasteiger partial charge in [-0.15, -0.1) is 0 Å². The van der Waals surface area contributed by atoms with E-state index < -0.39 is 11.6 Å². The van der Waals surface area contributed by atoms with Gasteiger partial charge in [0.2, 0.25) is 0 Å². The number of nitrogens with zero attached hydrogens (tertiary/aromatic N) is 6. The fourth-order valence-electron chi connectivity index (χ4n) is 8.38. The number of carbonyl (C=O) groups excluding carboxylic acids is 2. The maximum atomic E-state index is 12.3. The zero-order chi connectivity index (χ0) is 45.7. The Balaban J connectivity index is 0.000000496. The molecule has 0 aliphatic carbocycles. The van der Waals surface area contributed by atoms with Crippen LogP contribution in [-0.4, -0.2) is 68.5 Å². The predicted octanol–water partition coefficient (Wildman–Crippen LogP) is -2.50. The van der Waals surface area contributed by atoms with E-state index in [1.165, 1.54) is 19.1 Å². The number of Topliss-reactive ketones (excluding diaryl/α,β-unsaturated/α-hetero) is 1. The van der Waals surface area contributed by atoms with Crippen LogP contribution in [0.4, 0.5) is 0 Å². The van der Waals surface area contributed by atoms with E-state index in [2.05, 4.69) is 47.0 Å². The molecule has 0 radical (unpaired) electrons. The number of esters is 1. The summed E-state index contributed by atoms with van der Waals surface area (Å²) in [5.74, 6) is -0.778. The summed E-state index contributed by atoms with van der Waals surface area (Å²) in [6.45, 7) is 18.5. The minimum Gasteiger partial charge on any atom is -0.870 e. The smallest absolute Gasteiger partial charge is 0.870 e. The van der Waals surface area contributed by atoms with Gasteiger partial charge in [0.1, 0.15) is 5.56 Å². The number of aromatic nitrogens is 6. The van der Waals surface area contributed by atoms with Gasteiger partial charge in [0, 0.05) is 77.6 Å². The van der Waals surface area contributed by atoms with E-state index in [1.807, 2.05) is 59.6 Å². The second-order valence-corrected chi connectivity index (χ2v) is 17.1. The molecule has 0 saturated carbocycles. The van der Waals surface area contributed by atoms with Crippen LogP contribution in [0.25, 0.3) is 34.2 Å². The number of aliphatic hydroxyl groups is 1. The summed E-state index contributed by atoms with van der Waals surface area (Å²) < 4.78 is 10.9. The van der Waals surface area contributed by atoms with E-state index in [-0.39, 0.29) is 249 Å². The van der Waals surface area contributed by atoms with Crippen molar-refractivity contribution in [3.8, 4) is 34.2 Å². The van der Waals surface area contributed by atoms with Crippen LogP contribution in [0.15, 0.2) is 69.4 Å². The van der Waals surface area contributed by atoms with Crippen molar-refractivity contribution < 1.29 is 210 Å². The zero-order valence-electron chi connectivity index (χ0n) is 41.7. The first kappa shape index (κ1) is 65.7. The van der Waals surface area contributed by atoms with E-state index in [0.29, 0.717) is 5.56 Å².